The Balaban J connectivity index is 2.11. The van der Waals surface area contributed by atoms with Crippen molar-refractivity contribution in [2.24, 2.45) is 5.92 Å². The summed E-state index contributed by atoms with van der Waals surface area (Å²) < 4.78 is 39.7. The van der Waals surface area contributed by atoms with Crippen molar-refractivity contribution < 1.29 is 32.6 Å². The molecule has 1 heterocycles. The van der Waals surface area contributed by atoms with E-state index in [0.29, 0.717) is 5.69 Å². The number of carbonyl (C=O) groups excluding carboxylic acids is 1. The van der Waals surface area contributed by atoms with Gasteiger partial charge in [-0.1, -0.05) is 0 Å². The third-order valence-corrected chi connectivity index (χ3v) is 2.86. The first-order valence-corrected chi connectivity index (χ1v) is 5.65. The normalized spacial score (nSPS) is 19.2. The van der Waals surface area contributed by atoms with Gasteiger partial charge in [0.25, 0.3) is 0 Å². The van der Waals surface area contributed by atoms with Crippen molar-refractivity contribution in [2.45, 2.75) is 12.8 Å². The third-order valence-electron chi connectivity index (χ3n) is 2.86. The van der Waals surface area contributed by atoms with Crippen LogP contribution in [0.5, 0.6) is 5.75 Å². The molecule has 108 valence electrons. The van der Waals surface area contributed by atoms with Crippen LogP contribution in [0.1, 0.15) is 6.42 Å². The van der Waals surface area contributed by atoms with E-state index in [9.17, 15) is 22.8 Å². The molecule has 0 unspecified atom stereocenters. The lowest BCUT2D eigenvalue weighted by molar-refractivity contribution is -0.274. The molecule has 1 aromatic carbocycles. The van der Waals surface area contributed by atoms with Gasteiger partial charge in [0.1, 0.15) is 5.75 Å². The zero-order chi connectivity index (χ0) is 14.9. The second-order valence-corrected chi connectivity index (χ2v) is 4.29. The van der Waals surface area contributed by atoms with Crippen molar-refractivity contribution in [3.05, 3.63) is 24.3 Å². The molecule has 0 aromatic heterocycles. The number of carboxylic acids is 1. The summed E-state index contributed by atoms with van der Waals surface area (Å²) in [6.07, 6.45) is -4.89. The van der Waals surface area contributed by atoms with E-state index in [1.165, 1.54) is 17.0 Å². The average molecular weight is 289 g/mol. The number of nitrogens with zero attached hydrogens (tertiary/aromatic N) is 1. The van der Waals surface area contributed by atoms with Crippen LogP contribution in [0, 0.1) is 5.92 Å². The zero-order valence-electron chi connectivity index (χ0n) is 10.1. The minimum Gasteiger partial charge on any atom is -0.481 e. The fourth-order valence-electron chi connectivity index (χ4n) is 1.95. The van der Waals surface area contributed by atoms with E-state index < -0.39 is 24.0 Å². The first-order valence-electron chi connectivity index (χ1n) is 5.65. The van der Waals surface area contributed by atoms with Gasteiger partial charge in [0.2, 0.25) is 5.91 Å². The van der Waals surface area contributed by atoms with Crippen LogP contribution >= 0.6 is 0 Å². The Morgan fingerprint density at radius 2 is 1.90 bits per heavy atom. The first-order chi connectivity index (χ1) is 9.26. The summed E-state index contributed by atoms with van der Waals surface area (Å²) in [7, 11) is 0. The Kier molecular flexibility index (Phi) is 3.56. The quantitative estimate of drug-likeness (QED) is 0.924. The molecule has 1 aliphatic rings. The molecule has 1 amide bonds. The molecule has 0 bridgehead atoms. The number of carbonyl (C=O) groups is 2. The molecular weight excluding hydrogens is 279 g/mol. The summed E-state index contributed by atoms with van der Waals surface area (Å²) in [5, 5.41) is 8.84. The van der Waals surface area contributed by atoms with Crippen LogP contribution in [0.3, 0.4) is 0 Å². The highest BCUT2D eigenvalue weighted by Crippen LogP contribution is 2.29. The summed E-state index contributed by atoms with van der Waals surface area (Å²) in [6.45, 7) is 0.00758. The van der Waals surface area contributed by atoms with Crippen molar-refractivity contribution in [1.29, 1.82) is 0 Å². The molecule has 1 aliphatic heterocycles. The monoisotopic (exact) mass is 289 g/mol. The van der Waals surface area contributed by atoms with Crippen LogP contribution < -0.4 is 9.64 Å². The molecular formula is C12H10F3NO4. The van der Waals surface area contributed by atoms with E-state index in [-0.39, 0.29) is 18.9 Å². The fourth-order valence-corrected chi connectivity index (χ4v) is 1.95. The SMILES string of the molecule is O=C(O)[C@H]1CC(=O)N(c2ccc(OC(F)(F)F)cc2)C1. The van der Waals surface area contributed by atoms with Gasteiger partial charge >= 0.3 is 12.3 Å². The van der Waals surface area contributed by atoms with E-state index in [1.54, 1.807) is 0 Å². The molecule has 1 saturated heterocycles. The van der Waals surface area contributed by atoms with Gasteiger partial charge in [0, 0.05) is 18.7 Å². The highest BCUT2D eigenvalue weighted by molar-refractivity contribution is 5.99. The molecule has 8 heteroatoms. The van der Waals surface area contributed by atoms with Crippen LogP contribution in [0.15, 0.2) is 24.3 Å². The van der Waals surface area contributed by atoms with Gasteiger partial charge in [-0.3, -0.25) is 9.59 Å². The van der Waals surface area contributed by atoms with Gasteiger partial charge in [0.15, 0.2) is 0 Å². The van der Waals surface area contributed by atoms with Crippen LogP contribution in [0.2, 0.25) is 0 Å². The highest BCUT2D eigenvalue weighted by atomic mass is 19.4. The van der Waals surface area contributed by atoms with Gasteiger partial charge in [-0.05, 0) is 24.3 Å². The van der Waals surface area contributed by atoms with E-state index in [2.05, 4.69) is 4.74 Å². The lowest BCUT2D eigenvalue weighted by Crippen LogP contribution is -2.25. The predicted octanol–water partition coefficient (Wildman–Crippen LogP) is 2.02. The van der Waals surface area contributed by atoms with Gasteiger partial charge in [-0.2, -0.15) is 0 Å². The van der Waals surface area contributed by atoms with Crippen molar-refractivity contribution >= 4 is 17.6 Å². The van der Waals surface area contributed by atoms with Crippen molar-refractivity contribution in [3.63, 3.8) is 0 Å². The van der Waals surface area contributed by atoms with Crippen molar-refractivity contribution in [3.8, 4) is 5.75 Å². The molecule has 1 atom stereocenters. The average Bonchev–Trinajstić information content (AvgIpc) is 2.70. The predicted molar refractivity (Wildman–Crippen MR) is 61.2 cm³/mol. The molecule has 0 spiro atoms. The van der Waals surface area contributed by atoms with Gasteiger partial charge in [-0.25, -0.2) is 0 Å². The Hall–Kier alpha value is -2.25. The summed E-state index contributed by atoms with van der Waals surface area (Å²) in [6, 6.07) is 4.71. The number of anilines is 1. The lowest BCUT2D eigenvalue weighted by atomic mass is 10.1. The molecule has 2 rings (SSSR count). The molecule has 5 nitrogen and oxygen atoms in total. The Bertz CT molecular complexity index is 526. The maximum absolute atomic E-state index is 12.0. The molecule has 1 N–H and O–H groups in total. The van der Waals surface area contributed by atoms with E-state index >= 15 is 0 Å². The number of hydrogen-bond donors (Lipinski definition) is 1. The zero-order valence-corrected chi connectivity index (χ0v) is 10.1. The maximum Gasteiger partial charge on any atom is 0.573 e. The van der Waals surface area contributed by atoms with Gasteiger partial charge in [-0.15, -0.1) is 13.2 Å². The maximum atomic E-state index is 12.0. The largest absolute Gasteiger partial charge is 0.573 e. The van der Waals surface area contributed by atoms with Gasteiger partial charge < -0.3 is 14.7 Å². The number of ether oxygens (including phenoxy) is 1. The topological polar surface area (TPSA) is 66.8 Å². The number of benzene rings is 1. The number of alkyl halides is 3. The van der Waals surface area contributed by atoms with Crippen molar-refractivity contribution in [2.75, 3.05) is 11.4 Å². The fraction of sp³-hybridized carbons (Fsp3) is 0.333. The molecule has 0 saturated carbocycles. The highest BCUT2D eigenvalue weighted by Gasteiger charge is 2.35. The lowest BCUT2D eigenvalue weighted by Gasteiger charge is -2.17. The van der Waals surface area contributed by atoms with E-state index in [4.69, 9.17) is 5.11 Å². The molecule has 20 heavy (non-hydrogen) atoms. The molecule has 0 radical (unpaired) electrons. The smallest absolute Gasteiger partial charge is 0.481 e. The number of amides is 1. The standard InChI is InChI=1S/C12H10F3NO4/c13-12(14,15)20-9-3-1-8(2-4-9)16-6-7(11(18)19)5-10(16)17/h1-4,7H,5-6H2,(H,18,19)/t7-/m0/s1. The Morgan fingerprint density at radius 1 is 1.30 bits per heavy atom. The molecule has 1 aromatic rings. The number of carboxylic acid groups (broad SMARTS) is 1. The number of hydrogen-bond acceptors (Lipinski definition) is 3. The Morgan fingerprint density at radius 3 is 2.35 bits per heavy atom. The second-order valence-electron chi connectivity index (χ2n) is 4.29. The minimum absolute atomic E-state index is 0.00758. The van der Waals surface area contributed by atoms with Crippen molar-refractivity contribution in [1.82, 2.24) is 0 Å². The second kappa shape index (κ2) is 5.03. The number of rotatable bonds is 3. The van der Waals surface area contributed by atoms with Crippen LogP contribution in [-0.4, -0.2) is 29.9 Å². The number of halogens is 3. The van der Waals surface area contributed by atoms with E-state index in [1.807, 2.05) is 0 Å². The summed E-state index contributed by atoms with van der Waals surface area (Å²) in [4.78, 5) is 23.7. The molecule has 1 fully saturated rings. The van der Waals surface area contributed by atoms with E-state index in [0.717, 1.165) is 12.1 Å². The van der Waals surface area contributed by atoms with Crippen LogP contribution in [-0.2, 0) is 9.59 Å². The van der Waals surface area contributed by atoms with Crippen LogP contribution in [0.25, 0.3) is 0 Å². The third kappa shape index (κ3) is 3.19. The number of aliphatic carboxylic acids is 1. The summed E-state index contributed by atoms with van der Waals surface area (Å²) >= 11 is 0. The summed E-state index contributed by atoms with van der Waals surface area (Å²) in [5.41, 5.74) is 0.341. The van der Waals surface area contributed by atoms with Crippen LogP contribution in [0.4, 0.5) is 18.9 Å². The first kappa shape index (κ1) is 14.2. The minimum atomic E-state index is -4.78. The Labute approximate surface area is 111 Å². The summed E-state index contributed by atoms with van der Waals surface area (Å²) in [5.74, 6) is -2.64. The van der Waals surface area contributed by atoms with Gasteiger partial charge in [0.05, 0.1) is 5.92 Å². The molecule has 0 aliphatic carbocycles.